The maximum absolute atomic E-state index is 11.8. The largest absolute Gasteiger partial charge is 0.462 e. The number of carbonyl (C=O) groups excluding carboxylic acids is 1. The van der Waals surface area contributed by atoms with Crippen molar-refractivity contribution in [2.45, 2.75) is 18.4 Å². The molecule has 0 bridgehead atoms. The van der Waals surface area contributed by atoms with E-state index in [0.717, 1.165) is 9.90 Å². The Morgan fingerprint density at radius 2 is 2.45 bits per heavy atom. The highest BCUT2D eigenvalue weighted by Gasteiger charge is 2.21. The Morgan fingerprint density at radius 3 is 3.05 bits per heavy atom. The molecule has 0 aliphatic rings. The average molecular weight is 314 g/mol. The van der Waals surface area contributed by atoms with Crippen LogP contribution in [0.5, 0.6) is 0 Å². The number of thioether (sulfide) groups is 1. The average Bonchev–Trinajstić information content (AvgIpc) is 3.04. The van der Waals surface area contributed by atoms with E-state index in [0.29, 0.717) is 29.5 Å². The summed E-state index contributed by atoms with van der Waals surface area (Å²) in [6.45, 7) is 2.47. The van der Waals surface area contributed by atoms with Gasteiger partial charge in [0.25, 0.3) is 0 Å². The fourth-order valence-electron chi connectivity index (χ4n) is 1.53. The van der Waals surface area contributed by atoms with E-state index >= 15 is 0 Å². The van der Waals surface area contributed by atoms with Crippen molar-refractivity contribution in [3.63, 3.8) is 0 Å². The zero-order valence-corrected chi connectivity index (χ0v) is 12.6. The highest BCUT2D eigenvalue weighted by Crippen LogP contribution is 2.42. The number of thiophene rings is 1. The molecule has 7 nitrogen and oxygen atoms in total. The predicted octanol–water partition coefficient (Wildman–Crippen LogP) is 2.22. The van der Waals surface area contributed by atoms with Gasteiger partial charge in [0.05, 0.1) is 23.7 Å². The zero-order chi connectivity index (χ0) is 14.5. The lowest BCUT2D eigenvalue weighted by Crippen LogP contribution is -2.04. The number of nitrogens with two attached hydrogens (primary N) is 1. The summed E-state index contributed by atoms with van der Waals surface area (Å²) in [6.07, 6.45) is 3.16. The first kappa shape index (κ1) is 14.7. The van der Waals surface area contributed by atoms with Crippen LogP contribution in [0.1, 0.15) is 22.4 Å². The molecule has 0 aliphatic carbocycles. The third-order valence-corrected chi connectivity index (χ3v) is 4.48. The van der Waals surface area contributed by atoms with Crippen molar-refractivity contribution in [3.8, 4) is 0 Å². The van der Waals surface area contributed by atoms with Crippen LogP contribution in [0.25, 0.3) is 0 Å². The monoisotopic (exact) mass is 314 g/mol. The number of anilines is 2. The number of hydrogen-bond acceptors (Lipinski definition) is 9. The van der Waals surface area contributed by atoms with Crippen LogP contribution in [0, 0.1) is 0 Å². The van der Waals surface area contributed by atoms with Gasteiger partial charge in [-0.15, -0.1) is 23.1 Å². The highest BCUT2D eigenvalue weighted by molar-refractivity contribution is 7.99. The first-order chi connectivity index (χ1) is 9.67. The molecule has 0 saturated heterocycles. The van der Waals surface area contributed by atoms with Crippen molar-refractivity contribution in [2.24, 2.45) is 0 Å². The summed E-state index contributed by atoms with van der Waals surface area (Å²) in [5.74, 6) is 0.125. The summed E-state index contributed by atoms with van der Waals surface area (Å²) in [5.41, 5.74) is 6.44. The van der Waals surface area contributed by atoms with Gasteiger partial charge < -0.3 is 20.3 Å². The van der Waals surface area contributed by atoms with Crippen LogP contribution < -0.4 is 11.1 Å². The second-order valence-corrected chi connectivity index (χ2v) is 5.47. The van der Waals surface area contributed by atoms with E-state index in [1.807, 2.05) is 6.26 Å². The van der Waals surface area contributed by atoms with Crippen molar-refractivity contribution < 1.29 is 14.1 Å². The molecule has 0 spiro atoms. The Morgan fingerprint density at radius 1 is 1.65 bits per heavy atom. The van der Waals surface area contributed by atoms with E-state index in [1.165, 1.54) is 29.5 Å². The van der Waals surface area contributed by atoms with Crippen LogP contribution in [0.4, 0.5) is 10.7 Å². The molecule has 0 fully saturated rings. The van der Waals surface area contributed by atoms with Gasteiger partial charge in [-0.2, -0.15) is 4.98 Å². The molecule has 2 aromatic heterocycles. The van der Waals surface area contributed by atoms with Crippen LogP contribution in [-0.4, -0.2) is 29.0 Å². The first-order valence-electron chi connectivity index (χ1n) is 5.79. The summed E-state index contributed by atoms with van der Waals surface area (Å²) in [4.78, 5) is 17.0. The molecule has 108 valence electrons. The number of rotatable bonds is 6. The molecule has 2 rings (SSSR count). The van der Waals surface area contributed by atoms with Crippen molar-refractivity contribution >= 4 is 39.8 Å². The van der Waals surface area contributed by atoms with Gasteiger partial charge in [0.1, 0.15) is 9.88 Å². The van der Waals surface area contributed by atoms with Gasteiger partial charge in [-0.25, -0.2) is 4.79 Å². The molecule has 3 N–H and O–H groups in total. The fraction of sp³-hybridized carbons (Fsp3) is 0.364. The number of hydrogen-bond donors (Lipinski definition) is 2. The van der Waals surface area contributed by atoms with Crippen molar-refractivity contribution in [1.82, 2.24) is 10.1 Å². The molecule has 0 saturated carbocycles. The van der Waals surface area contributed by atoms with E-state index in [4.69, 9.17) is 10.5 Å². The summed E-state index contributed by atoms with van der Waals surface area (Å²) in [5, 5.41) is 7.65. The number of aromatic nitrogens is 2. The van der Waals surface area contributed by atoms with E-state index in [-0.39, 0.29) is 0 Å². The smallest absolute Gasteiger partial charge is 0.350 e. The van der Waals surface area contributed by atoms with Gasteiger partial charge in [0, 0.05) is 0 Å². The molecule has 0 atom stereocenters. The van der Waals surface area contributed by atoms with Crippen LogP contribution in [0.2, 0.25) is 0 Å². The molecule has 0 unspecified atom stereocenters. The number of nitrogens with zero attached hydrogens (tertiary/aromatic N) is 2. The van der Waals surface area contributed by atoms with E-state index in [9.17, 15) is 4.79 Å². The maximum atomic E-state index is 11.8. The third kappa shape index (κ3) is 3.05. The summed E-state index contributed by atoms with van der Waals surface area (Å²) < 4.78 is 9.64. The molecular formula is C11H14N4O3S2. The minimum absolute atomic E-state index is 0.316. The second kappa shape index (κ2) is 6.62. The Hall–Kier alpha value is -1.74. The van der Waals surface area contributed by atoms with Gasteiger partial charge >= 0.3 is 5.97 Å². The lowest BCUT2D eigenvalue weighted by atomic mass is 10.4. The van der Waals surface area contributed by atoms with Crippen molar-refractivity contribution in [1.29, 1.82) is 0 Å². The molecule has 9 heteroatoms. The number of nitrogens with one attached hydrogen (secondary N) is 1. The third-order valence-electron chi connectivity index (χ3n) is 2.38. The normalized spacial score (nSPS) is 10.5. The standard InChI is InChI=1S/C11H14N4O3S2/c1-3-17-11(16)9-7(12)8(19-2)10(20-9)13-4-6-14-5-18-15-6/h5,13H,3-4,12H2,1-2H3. The molecule has 2 heterocycles. The van der Waals surface area contributed by atoms with E-state index < -0.39 is 5.97 Å². The molecule has 0 amide bonds. The summed E-state index contributed by atoms with van der Waals surface area (Å²) in [7, 11) is 0. The maximum Gasteiger partial charge on any atom is 0.350 e. The molecular weight excluding hydrogens is 300 g/mol. The molecule has 0 aromatic carbocycles. The number of nitrogen functional groups attached to an aromatic ring is 1. The quantitative estimate of drug-likeness (QED) is 0.618. The summed E-state index contributed by atoms with van der Waals surface area (Å²) >= 11 is 2.73. The van der Waals surface area contributed by atoms with Gasteiger partial charge in [-0.1, -0.05) is 5.16 Å². The Balaban J connectivity index is 2.19. The fourth-order valence-corrected chi connectivity index (χ4v) is 3.45. The van der Waals surface area contributed by atoms with Crippen molar-refractivity contribution in [2.75, 3.05) is 23.9 Å². The lowest BCUT2D eigenvalue weighted by molar-refractivity contribution is 0.0533. The number of ether oxygens (including phenoxy) is 1. The van der Waals surface area contributed by atoms with Crippen LogP contribution in [0.3, 0.4) is 0 Å². The lowest BCUT2D eigenvalue weighted by Gasteiger charge is -2.03. The second-order valence-electron chi connectivity index (χ2n) is 3.63. The minimum atomic E-state index is -0.405. The Labute approximate surface area is 123 Å². The van der Waals surface area contributed by atoms with Crippen LogP contribution in [-0.2, 0) is 11.3 Å². The zero-order valence-electron chi connectivity index (χ0n) is 11.0. The molecule has 2 aromatic rings. The van der Waals surface area contributed by atoms with E-state index in [1.54, 1.807) is 6.92 Å². The topological polar surface area (TPSA) is 103 Å². The highest BCUT2D eigenvalue weighted by atomic mass is 32.2. The molecule has 20 heavy (non-hydrogen) atoms. The van der Waals surface area contributed by atoms with Gasteiger partial charge in [0.15, 0.2) is 5.82 Å². The predicted molar refractivity (Wildman–Crippen MR) is 78.1 cm³/mol. The Bertz CT molecular complexity index is 583. The minimum Gasteiger partial charge on any atom is -0.462 e. The van der Waals surface area contributed by atoms with E-state index in [2.05, 4.69) is 20.0 Å². The SMILES string of the molecule is CCOC(=O)c1sc(NCc2ncon2)c(SC)c1N. The first-order valence-corrected chi connectivity index (χ1v) is 7.84. The van der Waals surface area contributed by atoms with Gasteiger partial charge in [-0.3, -0.25) is 0 Å². The van der Waals surface area contributed by atoms with Crippen LogP contribution >= 0.6 is 23.1 Å². The molecule has 0 aliphatic heterocycles. The summed E-state index contributed by atoms with van der Waals surface area (Å²) in [6, 6.07) is 0. The molecule has 0 radical (unpaired) electrons. The van der Waals surface area contributed by atoms with Gasteiger partial charge in [-0.05, 0) is 13.2 Å². The van der Waals surface area contributed by atoms with Crippen LogP contribution in [0.15, 0.2) is 15.8 Å². The Kier molecular flexibility index (Phi) is 4.85. The number of esters is 1. The van der Waals surface area contributed by atoms with Gasteiger partial charge in [0.2, 0.25) is 6.39 Å². The number of carbonyl (C=O) groups is 1. The van der Waals surface area contributed by atoms with Crippen molar-refractivity contribution in [3.05, 3.63) is 17.1 Å².